The van der Waals surface area contributed by atoms with E-state index in [1.807, 2.05) is 49.4 Å². The predicted molar refractivity (Wildman–Crippen MR) is 125 cm³/mol. The number of benzene rings is 3. The Morgan fingerprint density at radius 3 is 2.64 bits per heavy atom. The number of nitrogens with zero attached hydrogens (tertiary/aromatic N) is 1. The van der Waals surface area contributed by atoms with E-state index in [0.717, 1.165) is 39.1 Å². The van der Waals surface area contributed by atoms with Crippen molar-refractivity contribution in [2.45, 2.75) is 19.9 Å². The van der Waals surface area contributed by atoms with Gasteiger partial charge in [-0.2, -0.15) is 0 Å². The molecule has 168 valence electrons. The maximum Gasteiger partial charge on any atom is 0.336 e. The molecule has 0 aliphatic carbocycles. The van der Waals surface area contributed by atoms with Crippen LogP contribution in [0.5, 0.6) is 11.5 Å². The van der Waals surface area contributed by atoms with Gasteiger partial charge in [0.2, 0.25) is 0 Å². The Balaban J connectivity index is 1.50. The zero-order valence-electron chi connectivity index (χ0n) is 18.6. The standard InChI is InChI=1S/C27H24FNO4/c1-17-26-20(15-29(16-32-26)12-11-19-5-3-4-6-24(19)28)13-23-22(14-25(30)33-27(17)23)18-7-9-21(31-2)10-8-18/h3-10,13-14H,11-12,15-16H2,1-2H3. The third-order valence-corrected chi connectivity index (χ3v) is 6.13. The summed E-state index contributed by atoms with van der Waals surface area (Å²) < 4.78 is 30.9. The average Bonchev–Trinajstić information content (AvgIpc) is 2.84. The monoisotopic (exact) mass is 445 g/mol. The minimum Gasteiger partial charge on any atom is -0.497 e. The molecule has 5 nitrogen and oxygen atoms in total. The van der Waals surface area contributed by atoms with Crippen LogP contribution in [-0.2, 0) is 13.0 Å². The van der Waals surface area contributed by atoms with Gasteiger partial charge < -0.3 is 13.9 Å². The van der Waals surface area contributed by atoms with Crippen molar-refractivity contribution >= 4 is 11.0 Å². The molecule has 0 saturated carbocycles. The molecule has 0 unspecified atom stereocenters. The van der Waals surface area contributed by atoms with Gasteiger partial charge in [-0.05, 0) is 54.3 Å². The first-order chi connectivity index (χ1) is 16.0. The molecule has 5 rings (SSSR count). The maximum absolute atomic E-state index is 14.0. The fourth-order valence-corrected chi connectivity index (χ4v) is 4.40. The Labute approximate surface area is 191 Å². The second-order valence-corrected chi connectivity index (χ2v) is 8.24. The van der Waals surface area contributed by atoms with Crippen LogP contribution in [0, 0.1) is 12.7 Å². The van der Waals surface area contributed by atoms with Crippen molar-refractivity contribution in [1.29, 1.82) is 0 Å². The van der Waals surface area contributed by atoms with E-state index in [4.69, 9.17) is 13.9 Å². The second-order valence-electron chi connectivity index (χ2n) is 8.24. The number of ether oxygens (including phenoxy) is 2. The molecule has 1 aliphatic rings. The van der Waals surface area contributed by atoms with E-state index in [2.05, 4.69) is 4.90 Å². The third-order valence-electron chi connectivity index (χ3n) is 6.13. The number of hydrogen-bond donors (Lipinski definition) is 0. The molecule has 33 heavy (non-hydrogen) atoms. The van der Waals surface area contributed by atoms with Gasteiger partial charge in [0.25, 0.3) is 0 Å². The quantitative estimate of drug-likeness (QED) is 0.390. The van der Waals surface area contributed by atoms with Crippen molar-refractivity contribution in [3.05, 3.63) is 93.6 Å². The van der Waals surface area contributed by atoms with Crippen LogP contribution in [-0.4, -0.2) is 25.3 Å². The zero-order chi connectivity index (χ0) is 22.9. The van der Waals surface area contributed by atoms with Gasteiger partial charge >= 0.3 is 5.63 Å². The van der Waals surface area contributed by atoms with Gasteiger partial charge in [-0.3, -0.25) is 4.90 Å². The van der Waals surface area contributed by atoms with E-state index in [1.165, 1.54) is 12.1 Å². The largest absolute Gasteiger partial charge is 0.497 e. The summed E-state index contributed by atoms with van der Waals surface area (Å²) in [5.74, 6) is 1.31. The molecule has 0 fully saturated rings. The minimum atomic E-state index is -0.404. The Bertz CT molecular complexity index is 1380. The van der Waals surface area contributed by atoms with E-state index in [9.17, 15) is 9.18 Å². The van der Waals surface area contributed by atoms with Gasteiger partial charge in [-0.15, -0.1) is 0 Å². The molecule has 2 heterocycles. The van der Waals surface area contributed by atoms with E-state index < -0.39 is 5.63 Å². The summed E-state index contributed by atoms with van der Waals surface area (Å²) >= 11 is 0. The molecule has 6 heteroatoms. The fraction of sp³-hybridized carbons (Fsp3) is 0.222. The molecule has 3 aromatic carbocycles. The fourth-order valence-electron chi connectivity index (χ4n) is 4.40. The van der Waals surface area contributed by atoms with Crippen molar-refractivity contribution in [2.24, 2.45) is 0 Å². The van der Waals surface area contributed by atoms with Crippen molar-refractivity contribution in [3.63, 3.8) is 0 Å². The van der Waals surface area contributed by atoms with E-state index in [1.54, 1.807) is 13.2 Å². The smallest absolute Gasteiger partial charge is 0.336 e. The lowest BCUT2D eigenvalue weighted by atomic mass is 9.96. The number of hydrogen-bond acceptors (Lipinski definition) is 5. The van der Waals surface area contributed by atoms with Crippen LogP contribution in [0.3, 0.4) is 0 Å². The highest BCUT2D eigenvalue weighted by Gasteiger charge is 2.23. The van der Waals surface area contributed by atoms with E-state index in [-0.39, 0.29) is 5.82 Å². The highest BCUT2D eigenvalue weighted by molar-refractivity contribution is 5.96. The third kappa shape index (κ3) is 4.10. The number of aryl methyl sites for hydroxylation is 1. The van der Waals surface area contributed by atoms with Crippen LogP contribution >= 0.6 is 0 Å². The summed E-state index contributed by atoms with van der Waals surface area (Å²) in [7, 11) is 1.62. The molecule has 0 radical (unpaired) electrons. The van der Waals surface area contributed by atoms with Gasteiger partial charge in [0.15, 0.2) is 0 Å². The molecule has 0 atom stereocenters. The molecule has 4 aromatic rings. The number of fused-ring (bicyclic) bond motifs is 2. The minimum absolute atomic E-state index is 0.183. The molecular weight excluding hydrogens is 421 g/mol. The summed E-state index contributed by atoms with van der Waals surface area (Å²) in [4.78, 5) is 14.5. The van der Waals surface area contributed by atoms with Crippen LogP contribution in [0.25, 0.3) is 22.1 Å². The van der Waals surface area contributed by atoms with E-state index in [0.29, 0.717) is 37.4 Å². The summed E-state index contributed by atoms with van der Waals surface area (Å²) in [6.07, 6.45) is 0.601. The average molecular weight is 445 g/mol. The first-order valence-electron chi connectivity index (χ1n) is 10.9. The maximum atomic E-state index is 14.0. The molecule has 0 N–H and O–H groups in total. The Morgan fingerprint density at radius 1 is 1.09 bits per heavy atom. The van der Waals surface area contributed by atoms with Crippen molar-refractivity contribution in [2.75, 3.05) is 20.4 Å². The van der Waals surface area contributed by atoms with Crippen LogP contribution < -0.4 is 15.1 Å². The van der Waals surface area contributed by atoms with Crippen LogP contribution in [0.2, 0.25) is 0 Å². The number of rotatable bonds is 5. The molecular formula is C27H24FNO4. The van der Waals surface area contributed by atoms with Crippen LogP contribution in [0.4, 0.5) is 4.39 Å². The first kappa shape index (κ1) is 21.2. The van der Waals surface area contributed by atoms with Gasteiger partial charge in [0, 0.05) is 35.7 Å². The summed E-state index contributed by atoms with van der Waals surface area (Å²) in [6.45, 7) is 3.65. The number of methoxy groups -OCH3 is 1. The van der Waals surface area contributed by atoms with Gasteiger partial charge in [0.05, 0.1) is 7.11 Å². The molecule has 1 aliphatic heterocycles. The predicted octanol–water partition coefficient (Wildman–Crippen LogP) is 5.31. The molecule has 0 spiro atoms. The Morgan fingerprint density at radius 2 is 1.88 bits per heavy atom. The van der Waals surface area contributed by atoms with Crippen molar-refractivity contribution in [3.8, 4) is 22.6 Å². The first-order valence-corrected chi connectivity index (χ1v) is 10.9. The highest BCUT2D eigenvalue weighted by atomic mass is 19.1. The van der Waals surface area contributed by atoms with Crippen molar-refractivity contribution in [1.82, 2.24) is 4.90 Å². The topological polar surface area (TPSA) is 51.9 Å². The normalized spacial score (nSPS) is 13.5. The summed E-state index contributed by atoms with van der Waals surface area (Å²) in [5.41, 5.74) is 4.36. The van der Waals surface area contributed by atoms with Crippen molar-refractivity contribution < 1.29 is 18.3 Å². The summed E-state index contributed by atoms with van der Waals surface area (Å²) in [5, 5.41) is 0.857. The lowest BCUT2D eigenvalue weighted by Gasteiger charge is -2.30. The van der Waals surface area contributed by atoms with Gasteiger partial charge in [-0.25, -0.2) is 9.18 Å². The molecule has 0 amide bonds. The van der Waals surface area contributed by atoms with Crippen LogP contribution in [0.15, 0.2) is 69.9 Å². The van der Waals surface area contributed by atoms with Crippen LogP contribution in [0.1, 0.15) is 16.7 Å². The van der Waals surface area contributed by atoms with Gasteiger partial charge in [0.1, 0.15) is 29.6 Å². The Kier molecular flexibility index (Phi) is 5.60. The SMILES string of the molecule is COc1ccc(-c2cc(=O)oc3c(C)c4c(cc23)CN(CCc2ccccc2F)CO4)cc1. The molecule has 0 bridgehead atoms. The lowest BCUT2D eigenvalue weighted by molar-refractivity contribution is 0.0957. The van der Waals surface area contributed by atoms with Gasteiger partial charge in [-0.1, -0.05) is 30.3 Å². The number of halogens is 1. The zero-order valence-corrected chi connectivity index (χ0v) is 18.6. The second kappa shape index (κ2) is 8.71. The highest BCUT2D eigenvalue weighted by Crippen LogP contribution is 2.38. The summed E-state index contributed by atoms with van der Waals surface area (Å²) in [6, 6.07) is 18.0. The van der Waals surface area contributed by atoms with E-state index >= 15 is 0 Å². The Hall–Kier alpha value is -3.64. The molecule has 0 saturated heterocycles. The lowest BCUT2D eigenvalue weighted by Crippen LogP contribution is -2.34. The molecule has 1 aromatic heterocycles.